The molecule has 1 nitrogen and oxygen atoms in total. The molecule has 102 valence electrons. The van der Waals surface area contributed by atoms with Crippen LogP contribution in [0.2, 0.25) is 0 Å². The van der Waals surface area contributed by atoms with Crippen LogP contribution in [0.5, 0.6) is 5.75 Å². The lowest BCUT2D eigenvalue weighted by molar-refractivity contribution is 0.282. The first-order chi connectivity index (χ1) is 8.43. The van der Waals surface area contributed by atoms with Crippen LogP contribution in [0.15, 0.2) is 24.3 Å². The number of benzene rings is 1. The van der Waals surface area contributed by atoms with Crippen molar-refractivity contribution in [3.8, 4) is 5.75 Å². The quantitative estimate of drug-likeness (QED) is 0.659. The van der Waals surface area contributed by atoms with E-state index in [2.05, 4.69) is 52.0 Å². The second kappa shape index (κ2) is 7.04. The van der Waals surface area contributed by atoms with E-state index in [9.17, 15) is 0 Å². The standard InChI is InChI=1S/C16H25ClO/c1-13(9-11-17)10-12-18-15-7-5-14(6-8-15)16(2,3)4/h5-8,13H,9-12H2,1-4H3. The molecular weight excluding hydrogens is 244 g/mol. The van der Waals surface area contributed by atoms with Gasteiger partial charge in [-0.05, 0) is 41.9 Å². The summed E-state index contributed by atoms with van der Waals surface area (Å²) in [6.45, 7) is 9.64. The lowest BCUT2D eigenvalue weighted by Crippen LogP contribution is -2.10. The van der Waals surface area contributed by atoms with Crippen molar-refractivity contribution < 1.29 is 4.74 Å². The zero-order valence-electron chi connectivity index (χ0n) is 12.0. The summed E-state index contributed by atoms with van der Waals surface area (Å²) < 4.78 is 5.75. The Hall–Kier alpha value is -0.690. The molecule has 0 aliphatic rings. The first-order valence-electron chi connectivity index (χ1n) is 6.73. The second-order valence-electron chi connectivity index (χ2n) is 5.99. The van der Waals surface area contributed by atoms with Gasteiger partial charge in [0.1, 0.15) is 5.75 Å². The maximum Gasteiger partial charge on any atom is 0.119 e. The molecule has 0 saturated heterocycles. The van der Waals surface area contributed by atoms with Gasteiger partial charge in [-0.15, -0.1) is 11.6 Å². The van der Waals surface area contributed by atoms with Crippen molar-refractivity contribution in [3.05, 3.63) is 29.8 Å². The minimum atomic E-state index is 0.202. The van der Waals surface area contributed by atoms with Crippen molar-refractivity contribution >= 4 is 11.6 Å². The lowest BCUT2D eigenvalue weighted by atomic mass is 9.87. The SMILES string of the molecule is CC(CCCl)CCOc1ccc(C(C)(C)C)cc1. The number of hydrogen-bond acceptors (Lipinski definition) is 1. The highest BCUT2D eigenvalue weighted by molar-refractivity contribution is 6.17. The van der Waals surface area contributed by atoms with Gasteiger partial charge in [-0.3, -0.25) is 0 Å². The Labute approximate surface area is 116 Å². The van der Waals surface area contributed by atoms with Gasteiger partial charge in [0.2, 0.25) is 0 Å². The van der Waals surface area contributed by atoms with Crippen LogP contribution in [0.3, 0.4) is 0 Å². The van der Waals surface area contributed by atoms with E-state index in [1.807, 2.05) is 0 Å². The zero-order chi connectivity index (χ0) is 13.6. The normalized spacial score (nSPS) is 13.4. The van der Waals surface area contributed by atoms with Crippen molar-refractivity contribution in [2.24, 2.45) is 5.92 Å². The smallest absolute Gasteiger partial charge is 0.119 e. The first-order valence-corrected chi connectivity index (χ1v) is 7.26. The van der Waals surface area contributed by atoms with E-state index in [4.69, 9.17) is 16.3 Å². The molecule has 0 radical (unpaired) electrons. The summed E-state index contributed by atoms with van der Waals surface area (Å²) in [7, 11) is 0. The average molecular weight is 269 g/mol. The molecule has 0 fully saturated rings. The highest BCUT2D eigenvalue weighted by Gasteiger charge is 2.12. The van der Waals surface area contributed by atoms with Crippen LogP contribution < -0.4 is 4.74 Å². The van der Waals surface area contributed by atoms with E-state index in [1.54, 1.807) is 0 Å². The zero-order valence-corrected chi connectivity index (χ0v) is 12.8. The lowest BCUT2D eigenvalue weighted by Gasteiger charge is -2.19. The van der Waals surface area contributed by atoms with E-state index in [0.29, 0.717) is 5.92 Å². The van der Waals surface area contributed by atoms with Crippen LogP contribution in [0.25, 0.3) is 0 Å². The van der Waals surface area contributed by atoms with Gasteiger partial charge in [-0.25, -0.2) is 0 Å². The number of halogens is 1. The molecule has 1 aromatic carbocycles. The van der Waals surface area contributed by atoms with Gasteiger partial charge < -0.3 is 4.74 Å². The van der Waals surface area contributed by atoms with Crippen molar-refractivity contribution in [2.45, 2.75) is 46.0 Å². The Kier molecular flexibility index (Phi) is 6.01. The molecule has 2 heteroatoms. The van der Waals surface area contributed by atoms with Gasteiger partial charge >= 0.3 is 0 Å². The van der Waals surface area contributed by atoms with Crippen LogP contribution >= 0.6 is 11.6 Å². The third kappa shape index (κ3) is 5.30. The van der Waals surface area contributed by atoms with Crippen molar-refractivity contribution in [1.82, 2.24) is 0 Å². The molecule has 0 saturated carbocycles. The molecule has 0 aliphatic heterocycles. The van der Waals surface area contributed by atoms with Gasteiger partial charge in [-0.2, -0.15) is 0 Å². The van der Waals surface area contributed by atoms with Crippen LogP contribution in [0, 0.1) is 5.92 Å². The fraction of sp³-hybridized carbons (Fsp3) is 0.625. The molecule has 1 atom stereocenters. The molecule has 18 heavy (non-hydrogen) atoms. The topological polar surface area (TPSA) is 9.23 Å². The predicted octanol–water partition coefficient (Wildman–Crippen LogP) is 5.02. The highest BCUT2D eigenvalue weighted by Crippen LogP contribution is 2.24. The van der Waals surface area contributed by atoms with Gasteiger partial charge in [0, 0.05) is 5.88 Å². The van der Waals surface area contributed by atoms with Crippen molar-refractivity contribution in [1.29, 1.82) is 0 Å². The minimum absolute atomic E-state index is 0.202. The van der Waals surface area contributed by atoms with E-state index in [1.165, 1.54) is 5.56 Å². The average Bonchev–Trinajstić information content (AvgIpc) is 2.29. The van der Waals surface area contributed by atoms with Gasteiger partial charge in [0.05, 0.1) is 6.61 Å². The molecule has 0 spiro atoms. The fourth-order valence-corrected chi connectivity index (χ4v) is 2.13. The predicted molar refractivity (Wildman–Crippen MR) is 79.8 cm³/mol. The number of hydrogen-bond donors (Lipinski definition) is 0. The third-order valence-corrected chi connectivity index (χ3v) is 3.42. The largest absolute Gasteiger partial charge is 0.494 e. The summed E-state index contributed by atoms with van der Waals surface area (Å²) in [4.78, 5) is 0. The Balaban J connectivity index is 2.40. The fourth-order valence-electron chi connectivity index (χ4n) is 1.76. The molecule has 1 rings (SSSR count). The Morgan fingerprint density at radius 1 is 1.11 bits per heavy atom. The number of ether oxygens (including phenoxy) is 1. The summed E-state index contributed by atoms with van der Waals surface area (Å²) >= 11 is 5.71. The van der Waals surface area contributed by atoms with Crippen LogP contribution in [-0.4, -0.2) is 12.5 Å². The van der Waals surface area contributed by atoms with Crippen LogP contribution in [-0.2, 0) is 5.41 Å². The summed E-state index contributed by atoms with van der Waals surface area (Å²) in [6.07, 6.45) is 2.13. The van der Waals surface area contributed by atoms with Gasteiger partial charge in [-0.1, -0.05) is 39.8 Å². The van der Waals surface area contributed by atoms with Gasteiger partial charge in [0.25, 0.3) is 0 Å². The van der Waals surface area contributed by atoms with Crippen LogP contribution in [0.4, 0.5) is 0 Å². The maximum absolute atomic E-state index is 5.75. The Bertz CT molecular complexity index is 337. The third-order valence-electron chi connectivity index (χ3n) is 3.20. The first kappa shape index (κ1) is 15.4. The Morgan fingerprint density at radius 3 is 2.22 bits per heavy atom. The van der Waals surface area contributed by atoms with E-state index in [-0.39, 0.29) is 5.41 Å². The summed E-state index contributed by atoms with van der Waals surface area (Å²) in [5.41, 5.74) is 1.54. The molecule has 0 amide bonds. The molecule has 0 aromatic heterocycles. The summed E-state index contributed by atoms with van der Waals surface area (Å²) in [5.74, 6) is 2.33. The molecule has 0 heterocycles. The molecular formula is C16H25ClO. The number of alkyl halides is 1. The maximum atomic E-state index is 5.75. The molecule has 0 N–H and O–H groups in total. The van der Waals surface area contributed by atoms with Crippen LogP contribution in [0.1, 0.15) is 46.1 Å². The van der Waals surface area contributed by atoms with E-state index >= 15 is 0 Å². The highest BCUT2D eigenvalue weighted by atomic mass is 35.5. The Morgan fingerprint density at radius 2 is 1.72 bits per heavy atom. The van der Waals surface area contributed by atoms with Crippen molar-refractivity contribution in [3.63, 3.8) is 0 Å². The minimum Gasteiger partial charge on any atom is -0.494 e. The van der Waals surface area contributed by atoms with E-state index < -0.39 is 0 Å². The summed E-state index contributed by atoms with van der Waals surface area (Å²) in [5, 5.41) is 0. The monoisotopic (exact) mass is 268 g/mol. The summed E-state index contributed by atoms with van der Waals surface area (Å²) in [6, 6.07) is 8.43. The molecule has 1 unspecified atom stereocenters. The van der Waals surface area contributed by atoms with E-state index in [0.717, 1.165) is 31.1 Å². The van der Waals surface area contributed by atoms with Gasteiger partial charge in [0.15, 0.2) is 0 Å². The molecule has 0 aliphatic carbocycles. The second-order valence-corrected chi connectivity index (χ2v) is 6.37. The number of rotatable bonds is 6. The molecule has 1 aromatic rings. The molecule has 0 bridgehead atoms. The van der Waals surface area contributed by atoms with Crippen molar-refractivity contribution in [2.75, 3.05) is 12.5 Å².